The maximum Gasteiger partial charge on any atom is 0.248 e. The normalized spacial score (nSPS) is 22.1. The number of hydrogen-bond donors (Lipinski definition) is 1. The van der Waals surface area contributed by atoms with Crippen LogP contribution in [0.1, 0.15) is 53.9 Å². The summed E-state index contributed by atoms with van der Waals surface area (Å²) in [6.45, 7) is 2.46. The van der Waals surface area contributed by atoms with Crippen LogP contribution in [-0.2, 0) is 0 Å². The molecular weight excluding hydrogens is 236 g/mol. The number of likely N-dealkylation sites (tertiary alicyclic amines) is 1. The van der Waals surface area contributed by atoms with Crippen molar-refractivity contribution in [3.05, 3.63) is 35.4 Å². The minimum Gasteiger partial charge on any atom is -0.366 e. The molecule has 1 aliphatic heterocycles. The van der Waals surface area contributed by atoms with Gasteiger partial charge in [0.15, 0.2) is 0 Å². The fourth-order valence-electron chi connectivity index (χ4n) is 3.27. The van der Waals surface area contributed by atoms with E-state index in [-0.39, 0.29) is 5.91 Å². The van der Waals surface area contributed by atoms with Crippen LogP contribution < -0.4 is 5.73 Å². The van der Waals surface area contributed by atoms with E-state index >= 15 is 0 Å². The molecule has 1 heterocycles. The largest absolute Gasteiger partial charge is 0.366 e. The highest BCUT2D eigenvalue weighted by atomic mass is 16.1. The second-order valence-corrected chi connectivity index (χ2v) is 5.88. The van der Waals surface area contributed by atoms with E-state index in [4.69, 9.17) is 5.73 Å². The Morgan fingerprint density at radius 2 is 1.68 bits per heavy atom. The molecule has 3 rings (SSSR count). The Labute approximate surface area is 114 Å². The van der Waals surface area contributed by atoms with E-state index < -0.39 is 0 Å². The van der Waals surface area contributed by atoms with E-state index in [0.29, 0.717) is 11.5 Å². The first-order valence-electron chi connectivity index (χ1n) is 7.38. The molecule has 1 aliphatic carbocycles. The van der Waals surface area contributed by atoms with Crippen molar-refractivity contribution in [1.29, 1.82) is 0 Å². The second kappa shape index (κ2) is 5.33. The third kappa shape index (κ3) is 2.66. The summed E-state index contributed by atoms with van der Waals surface area (Å²) in [7, 11) is 0. The number of hydrogen-bond acceptors (Lipinski definition) is 2. The summed E-state index contributed by atoms with van der Waals surface area (Å²) in [4.78, 5) is 13.7. The first-order valence-corrected chi connectivity index (χ1v) is 7.38. The van der Waals surface area contributed by atoms with Gasteiger partial charge in [-0.1, -0.05) is 18.6 Å². The van der Waals surface area contributed by atoms with Gasteiger partial charge in [0.1, 0.15) is 0 Å². The van der Waals surface area contributed by atoms with Crippen LogP contribution in [0.4, 0.5) is 0 Å². The number of carbonyl (C=O) groups excluding carboxylic acids is 1. The van der Waals surface area contributed by atoms with E-state index in [1.165, 1.54) is 50.8 Å². The summed E-state index contributed by atoms with van der Waals surface area (Å²) in [5.74, 6) is 0.310. The molecule has 1 amide bonds. The predicted molar refractivity (Wildman–Crippen MR) is 76.1 cm³/mol. The maximum absolute atomic E-state index is 11.1. The Balaban J connectivity index is 1.59. The number of benzene rings is 1. The van der Waals surface area contributed by atoms with Gasteiger partial charge in [-0.2, -0.15) is 0 Å². The van der Waals surface area contributed by atoms with Crippen LogP contribution in [0.3, 0.4) is 0 Å². The summed E-state index contributed by atoms with van der Waals surface area (Å²) >= 11 is 0. The number of nitrogens with zero attached hydrogens (tertiary/aromatic N) is 1. The second-order valence-electron chi connectivity index (χ2n) is 5.88. The topological polar surface area (TPSA) is 46.3 Å². The van der Waals surface area contributed by atoms with Crippen molar-refractivity contribution >= 4 is 5.91 Å². The van der Waals surface area contributed by atoms with Gasteiger partial charge in [0, 0.05) is 11.6 Å². The van der Waals surface area contributed by atoms with Crippen LogP contribution in [0.5, 0.6) is 0 Å². The molecule has 1 aromatic rings. The lowest BCUT2D eigenvalue weighted by Gasteiger charge is -2.41. The smallest absolute Gasteiger partial charge is 0.248 e. The highest BCUT2D eigenvalue weighted by molar-refractivity contribution is 5.92. The first kappa shape index (κ1) is 12.7. The van der Waals surface area contributed by atoms with Crippen molar-refractivity contribution in [3.8, 4) is 0 Å². The lowest BCUT2D eigenvalue weighted by atomic mass is 9.85. The van der Waals surface area contributed by atoms with Gasteiger partial charge in [0.2, 0.25) is 5.91 Å². The average molecular weight is 258 g/mol. The highest BCUT2D eigenvalue weighted by Gasteiger charge is 2.29. The van der Waals surface area contributed by atoms with Crippen molar-refractivity contribution < 1.29 is 4.79 Å². The lowest BCUT2D eigenvalue weighted by Crippen LogP contribution is -2.44. The Morgan fingerprint density at radius 1 is 1.05 bits per heavy atom. The molecule has 2 N–H and O–H groups in total. The van der Waals surface area contributed by atoms with E-state index in [1.807, 2.05) is 12.1 Å². The summed E-state index contributed by atoms with van der Waals surface area (Å²) in [5, 5.41) is 0. The molecule has 3 nitrogen and oxygen atoms in total. The van der Waals surface area contributed by atoms with Crippen molar-refractivity contribution in [2.75, 3.05) is 13.1 Å². The van der Waals surface area contributed by atoms with Gasteiger partial charge in [-0.3, -0.25) is 4.79 Å². The standard InChI is InChI=1S/C16H22N2O/c17-16(19)14-6-4-12(5-7-14)13-8-10-18(11-9-13)15-2-1-3-15/h4-7,13,15H,1-3,8-11H2,(H2,17,19). The van der Waals surface area contributed by atoms with Crippen LogP contribution in [-0.4, -0.2) is 29.9 Å². The molecule has 2 aliphatic rings. The predicted octanol–water partition coefficient (Wildman–Crippen LogP) is 2.52. The molecule has 0 bridgehead atoms. The molecule has 19 heavy (non-hydrogen) atoms. The number of piperidine rings is 1. The van der Waals surface area contributed by atoms with Gasteiger partial charge in [0.05, 0.1) is 0 Å². The van der Waals surface area contributed by atoms with E-state index in [2.05, 4.69) is 17.0 Å². The van der Waals surface area contributed by atoms with Gasteiger partial charge < -0.3 is 10.6 Å². The van der Waals surface area contributed by atoms with Gasteiger partial charge >= 0.3 is 0 Å². The molecule has 2 fully saturated rings. The molecule has 0 aromatic heterocycles. The van der Waals surface area contributed by atoms with Crippen LogP contribution in [0.15, 0.2) is 24.3 Å². The number of nitrogens with two attached hydrogens (primary N) is 1. The Morgan fingerprint density at radius 3 is 2.16 bits per heavy atom. The molecule has 0 unspecified atom stereocenters. The third-order valence-corrected chi connectivity index (χ3v) is 4.79. The zero-order valence-electron chi connectivity index (χ0n) is 11.3. The van der Waals surface area contributed by atoms with Crippen molar-refractivity contribution in [3.63, 3.8) is 0 Å². The molecule has 3 heteroatoms. The molecule has 1 aromatic carbocycles. The van der Waals surface area contributed by atoms with E-state index in [1.54, 1.807) is 0 Å². The molecule has 0 radical (unpaired) electrons. The lowest BCUT2D eigenvalue weighted by molar-refractivity contribution is 0.0974. The van der Waals surface area contributed by atoms with Crippen molar-refractivity contribution in [2.45, 2.75) is 44.1 Å². The van der Waals surface area contributed by atoms with Gasteiger partial charge in [-0.05, 0) is 62.4 Å². The minimum absolute atomic E-state index is 0.341. The maximum atomic E-state index is 11.1. The first-order chi connectivity index (χ1) is 9.24. The number of rotatable bonds is 3. The molecule has 0 atom stereocenters. The minimum atomic E-state index is -0.341. The third-order valence-electron chi connectivity index (χ3n) is 4.79. The van der Waals surface area contributed by atoms with E-state index in [9.17, 15) is 4.79 Å². The summed E-state index contributed by atoms with van der Waals surface area (Å²) in [6, 6.07) is 8.73. The van der Waals surface area contributed by atoms with Crippen LogP contribution in [0, 0.1) is 0 Å². The number of carbonyl (C=O) groups is 1. The molecular formula is C16H22N2O. The van der Waals surface area contributed by atoms with E-state index in [0.717, 1.165) is 6.04 Å². The fourth-order valence-corrected chi connectivity index (χ4v) is 3.27. The van der Waals surface area contributed by atoms with Crippen LogP contribution in [0.2, 0.25) is 0 Å². The van der Waals surface area contributed by atoms with Gasteiger partial charge in [0.25, 0.3) is 0 Å². The fraction of sp³-hybridized carbons (Fsp3) is 0.562. The van der Waals surface area contributed by atoms with Gasteiger partial charge in [-0.15, -0.1) is 0 Å². The Kier molecular flexibility index (Phi) is 3.56. The quantitative estimate of drug-likeness (QED) is 0.905. The summed E-state index contributed by atoms with van der Waals surface area (Å²) in [6.07, 6.45) is 6.70. The zero-order valence-corrected chi connectivity index (χ0v) is 11.3. The molecule has 102 valence electrons. The van der Waals surface area contributed by atoms with Crippen molar-refractivity contribution in [2.24, 2.45) is 5.73 Å². The molecule has 1 saturated carbocycles. The molecule has 1 saturated heterocycles. The Bertz CT molecular complexity index is 442. The van der Waals surface area contributed by atoms with Crippen LogP contribution >= 0.6 is 0 Å². The average Bonchev–Trinajstić information content (AvgIpc) is 2.38. The summed E-state index contributed by atoms with van der Waals surface area (Å²) < 4.78 is 0. The highest BCUT2D eigenvalue weighted by Crippen LogP contribution is 2.33. The number of amides is 1. The molecule has 0 spiro atoms. The Hall–Kier alpha value is -1.35. The number of primary amides is 1. The SMILES string of the molecule is NC(=O)c1ccc(C2CCN(C3CCC3)CC2)cc1. The monoisotopic (exact) mass is 258 g/mol. The van der Waals surface area contributed by atoms with Gasteiger partial charge in [-0.25, -0.2) is 0 Å². The van der Waals surface area contributed by atoms with Crippen LogP contribution in [0.25, 0.3) is 0 Å². The zero-order chi connectivity index (χ0) is 13.2. The summed E-state index contributed by atoms with van der Waals surface area (Å²) in [5.41, 5.74) is 7.24. The van der Waals surface area contributed by atoms with Crippen molar-refractivity contribution in [1.82, 2.24) is 4.90 Å².